The summed E-state index contributed by atoms with van der Waals surface area (Å²) in [6, 6.07) is 15.7. The van der Waals surface area contributed by atoms with Crippen molar-refractivity contribution in [2.24, 2.45) is 0 Å². The fourth-order valence-electron chi connectivity index (χ4n) is 2.94. The van der Waals surface area contributed by atoms with Crippen molar-refractivity contribution < 1.29 is 14.3 Å². The van der Waals surface area contributed by atoms with Gasteiger partial charge >= 0.3 is 0 Å². The first-order valence-electron chi connectivity index (χ1n) is 9.48. The Hall–Kier alpha value is -3.00. The summed E-state index contributed by atoms with van der Waals surface area (Å²) in [5.41, 5.74) is 1.79. The highest BCUT2D eigenvalue weighted by atomic mass is 32.2. The summed E-state index contributed by atoms with van der Waals surface area (Å²) in [6.07, 6.45) is 0.894. The predicted octanol–water partition coefficient (Wildman–Crippen LogP) is 3.67. The molecular weight excluding hydrogens is 388 g/mol. The van der Waals surface area contributed by atoms with E-state index in [9.17, 15) is 4.79 Å². The summed E-state index contributed by atoms with van der Waals surface area (Å²) in [6.45, 7) is 4.26. The zero-order valence-electron chi connectivity index (χ0n) is 16.3. The topological polar surface area (TPSA) is 78.3 Å². The lowest BCUT2D eigenvalue weighted by Crippen LogP contribution is -2.33. The van der Waals surface area contributed by atoms with Gasteiger partial charge in [-0.15, -0.1) is 10.2 Å². The van der Waals surface area contributed by atoms with Gasteiger partial charge in [-0.25, -0.2) is 0 Å². The van der Waals surface area contributed by atoms with E-state index >= 15 is 0 Å². The Morgan fingerprint density at radius 3 is 2.76 bits per heavy atom. The molecule has 0 bridgehead atoms. The van der Waals surface area contributed by atoms with Crippen LogP contribution >= 0.6 is 11.8 Å². The molecular formula is C21H22N4O3S. The number of thioether (sulfide) groups is 1. The van der Waals surface area contributed by atoms with Crippen molar-refractivity contribution >= 4 is 17.7 Å². The summed E-state index contributed by atoms with van der Waals surface area (Å²) in [5.74, 6) is 2.34. The molecule has 0 saturated heterocycles. The second-order valence-corrected chi connectivity index (χ2v) is 7.65. The molecule has 0 radical (unpaired) electrons. The van der Waals surface area contributed by atoms with E-state index in [1.807, 2.05) is 66.9 Å². The first-order chi connectivity index (χ1) is 14.2. The maximum Gasteiger partial charge on any atom is 0.231 e. The van der Waals surface area contributed by atoms with Crippen molar-refractivity contribution in [3.8, 4) is 28.6 Å². The number of hydrogen-bond donors (Lipinski definition) is 1. The fraction of sp³-hybridized carbons (Fsp3) is 0.286. The molecule has 7 nitrogen and oxygen atoms in total. The number of nitrogens with one attached hydrogen (secondary N) is 1. The quantitative estimate of drug-likeness (QED) is 0.599. The van der Waals surface area contributed by atoms with Gasteiger partial charge in [-0.05, 0) is 43.7 Å². The molecule has 2 heterocycles. The summed E-state index contributed by atoms with van der Waals surface area (Å²) in [7, 11) is 0. The minimum absolute atomic E-state index is 0.0170. The van der Waals surface area contributed by atoms with Crippen LogP contribution in [0.2, 0.25) is 0 Å². The molecule has 2 aromatic carbocycles. The van der Waals surface area contributed by atoms with Gasteiger partial charge in [-0.1, -0.05) is 36.9 Å². The summed E-state index contributed by atoms with van der Waals surface area (Å²) < 4.78 is 12.9. The molecule has 0 aliphatic carbocycles. The highest BCUT2D eigenvalue weighted by Gasteiger charge is 2.20. The third kappa shape index (κ3) is 4.22. The highest BCUT2D eigenvalue weighted by molar-refractivity contribution is 7.99. The number of amides is 1. The number of nitrogens with zero attached hydrogens (tertiary/aromatic N) is 3. The van der Waals surface area contributed by atoms with Gasteiger partial charge in [0.1, 0.15) is 0 Å². The van der Waals surface area contributed by atoms with E-state index in [0.29, 0.717) is 16.7 Å². The number of rotatable bonds is 7. The van der Waals surface area contributed by atoms with E-state index in [1.54, 1.807) is 0 Å². The number of hydrogen-bond acceptors (Lipinski definition) is 6. The Bertz CT molecular complexity index is 1010. The third-order valence-corrected chi connectivity index (χ3v) is 5.56. The highest BCUT2D eigenvalue weighted by Crippen LogP contribution is 2.36. The van der Waals surface area contributed by atoms with E-state index in [0.717, 1.165) is 23.4 Å². The lowest BCUT2D eigenvalue weighted by molar-refractivity contribution is -0.119. The Kier molecular flexibility index (Phi) is 5.71. The summed E-state index contributed by atoms with van der Waals surface area (Å²) in [4.78, 5) is 12.2. The van der Waals surface area contributed by atoms with Crippen LogP contribution in [0.4, 0.5) is 0 Å². The SMILES string of the molecule is CC[C@@H](C)NC(=O)CSc1nnc(-c2ccc3c(c2)OCO3)n1-c1ccccc1. The standard InChI is InChI=1S/C21H22N4O3S/c1-3-14(2)22-19(26)12-29-21-24-23-20(25(21)16-7-5-4-6-8-16)15-9-10-17-18(11-15)28-13-27-17/h4-11,14H,3,12-13H2,1-2H3,(H,22,26)/t14-/m1/s1. The maximum absolute atomic E-state index is 12.2. The van der Waals surface area contributed by atoms with Crippen molar-refractivity contribution in [3.63, 3.8) is 0 Å². The molecule has 0 spiro atoms. The van der Waals surface area contributed by atoms with Gasteiger partial charge in [-0.2, -0.15) is 0 Å². The molecule has 1 aliphatic heterocycles. The molecule has 29 heavy (non-hydrogen) atoms. The van der Waals surface area contributed by atoms with E-state index < -0.39 is 0 Å². The van der Waals surface area contributed by atoms with E-state index in [-0.39, 0.29) is 24.5 Å². The van der Waals surface area contributed by atoms with Gasteiger partial charge in [-0.3, -0.25) is 9.36 Å². The molecule has 0 unspecified atom stereocenters. The van der Waals surface area contributed by atoms with Crippen LogP contribution in [-0.2, 0) is 4.79 Å². The van der Waals surface area contributed by atoms with Gasteiger partial charge in [0.05, 0.1) is 5.75 Å². The molecule has 0 saturated carbocycles. The number of benzene rings is 2. The zero-order chi connectivity index (χ0) is 20.2. The Balaban J connectivity index is 1.65. The molecule has 3 aromatic rings. The largest absolute Gasteiger partial charge is 0.454 e. The van der Waals surface area contributed by atoms with Crippen LogP contribution in [0, 0.1) is 0 Å². The molecule has 1 aromatic heterocycles. The van der Waals surface area contributed by atoms with Crippen molar-refractivity contribution in [2.45, 2.75) is 31.5 Å². The normalized spacial score (nSPS) is 13.3. The molecule has 4 rings (SSSR count). The second-order valence-electron chi connectivity index (χ2n) is 6.71. The van der Waals surface area contributed by atoms with Crippen molar-refractivity contribution in [1.82, 2.24) is 20.1 Å². The summed E-state index contributed by atoms with van der Waals surface area (Å²) in [5, 5.41) is 12.4. The van der Waals surface area contributed by atoms with Crippen LogP contribution in [-0.4, -0.2) is 39.3 Å². The van der Waals surface area contributed by atoms with E-state index in [4.69, 9.17) is 9.47 Å². The monoisotopic (exact) mass is 410 g/mol. The Morgan fingerprint density at radius 2 is 1.97 bits per heavy atom. The summed E-state index contributed by atoms with van der Waals surface area (Å²) >= 11 is 1.36. The van der Waals surface area contributed by atoms with Crippen LogP contribution in [0.3, 0.4) is 0 Å². The number of aromatic nitrogens is 3. The van der Waals surface area contributed by atoms with Crippen molar-refractivity contribution in [3.05, 3.63) is 48.5 Å². The Morgan fingerprint density at radius 1 is 1.17 bits per heavy atom. The predicted molar refractivity (Wildman–Crippen MR) is 112 cm³/mol. The van der Waals surface area contributed by atoms with Crippen LogP contribution in [0.15, 0.2) is 53.7 Å². The number of carbonyl (C=O) groups excluding carboxylic acids is 1. The zero-order valence-corrected chi connectivity index (χ0v) is 17.1. The van der Waals surface area contributed by atoms with Crippen LogP contribution in [0.25, 0.3) is 17.1 Å². The van der Waals surface area contributed by atoms with Crippen LogP contribution in [0.1, 0.15) is 20.3 Å². The average Bonchev–Trinajstić information content (AvgIpc) is 3.39. The van der Waals surface area contributed by atoms with Gasteiger partial charge < -0.3 is 14.8 Å². The van der Waals surface area contributed by atoms with Crippen LogP contribution in [0.5, 0.6) is 11.5 Å². The van der Waals surface area contributed by atoms with E-state index in [1.165, 1.54) is 11.8 Å². The van der Waals surface area contributed by atoms with Crippen LogP contribution < -0.4 is 14.8 Å². The first-order valence-corrected chi connectivity index (χ1v) is 10.5. The first kappa shape index (κ1) is 19.3. The van der Waals surface area contributed by atoms with Crippen molar-refractivity contribution in [1.29, 1.82) is 0 Å². The smallest absolute Gasteiger partial charge is 0.231 e. The molecule has 1 atom stereocenters. The fourth-order valence-corrected chi connectivity index (χ4v) is 3.71. The van der Waals surface area contributed by atoms with Crippen molar-refractivity contribution in [2.75, 3.05) is 12.5 Å². The lowest BCUT2D eigenvalue weighted by Gasteiger charge is -2.12. The Labute approximate surface area is 173 Å². The van der Waals surface area contributed by atoms with Gasteiger partial charge in [0.2, 0.25) is 12.7 Å². The number of ether oxygens (including phenoxy) is 2. The lowest BCUT2D eigenvalue weighted by atomic mass is 10.2. The third-order valence-electron chi connectivity index (χ3n) is 4.63. The van der Waals surface area contributed by atoms with Gasteiger partial charge in [0.15, 0.2) is 22.5 Å². The second kappa shape index (κ2) is 8.57. The number of para-hydroxylation sites is 1. The number of fused-ring (bicyclic) bond motifs is 1. The molecule has 150 valence electrons. The average molecular weight is 410 g/mol. The van der Waals surface area contributed by atoms with Gasteiger partial charge in [0, 0.05) is 17.3 Å². The molecule has 1 amide bonds. The van der Waals surface area contributed by atoms with E-state index in [2.05, 4.69) is 15.5 Å². The number of carbonyl (C=O) groups is 1. The molecule has 0 fully saturated rings. The van der Waals surface area contributed by atoms with Gasteiger partial charge in [0.25, 0.3) is 0 Å². The minimum Gasteiger partial charge on any atom is -0.454 e. The molecule has 1 N–H and O–H groups in total. The molecule has 8 heteroatoms. The minimum atomic E-state index is -0.0170. The maximum atomic E-state index is 12.2. The molecule has 1 aliphatic rings.